The Morgan fingerprint density at radius 1 is 1.33 bits per heavy atom. The van der Waals surface area contributed by atoms with Crippen LogP contribution in [0.4, 0.5) is 0 Å². The molecular formula is C13H16O2. The van der Waals surface area contributed by atoms with Crippen molar-refractivity contribution in [2.75, 3.05) is 7.11 Å². The maximum absolute atomic E-state index is 9.51. The Kier molecular flexibility index (Phi) is 2.78. The van der Waals surface area contributed by atoms with Crippen molar-refractivity contribution in [3.63, 3.8) is 0 Å². The summed E-state index contributed by atoms with van der Waals surface area (Å²) >= 11 is 0. The van der Waals surface area contributed by atoms with Gasteiger partial charge in [-0.2, -0.15) is 0 Å². The first-order valence-corrected chi connectivity index (χ1v) is 5.26. The quantitative estimate of drug-likeness (QED) is 0.801. The van der Waals surface area contributed by atoms with Gasteiger partial charge in [0, 0.05) is 0 Å². The van der Waals surface area contributed by atoms with Gasteiger partial charge in [0.2, 0.25) is 0 Å². The molecule has 0 radical (unpaired) electrons. The molecule has 0 bridgehead atoms. The summed E-state index contributed by atoms with van der Waals surface area (Å²) in [6.45, 7) is 1.82. The maximum atomic E-state index is 9.51. The van der Waals surface area contributed by atoms with Gasteiger partial charge in [-0.15, -0.1) is 0 Å². The number of rotatable bonds is 2. The van der Waals surface area contributed by atoms with Crippen LogP contribution in [-0.4, -0.2) is 18.3 Å². The first kappa shape index (κ1) is 10.2. The summed E-state index contributed by atoms with van der Waals surface area (Å²) in [5.41, 5.74) is 3.63. The molecule has 0 saturated heterocycles. The standard InChI is InChI=1S/C13H16O2/c1-9(14)10-3-4-12-8-13(15-2)6-5-11(12)7-10/h5-9,14H,3-4H2,1-2H3. The number of hydrogen-bond acceptors (Lipinski definition) is 2. The lowest BCUT2D eigenvalue weighted by Crippen LogP contribution is -2.09. The van der Waals surface area contributed by atoms with Crippen LogP contribution in [0.1, 0.15) is 24.5 Å². The molecule has 1 aliphatic carbocycles. The Labute approximate surface area is 90.2 Å². The minimum absolute atomic E-state index is 0.333. The van der Waals surface area contributed by atoms with E-state index in [1.165, 1.54) is 11.1 Å². The van der Waals surface area contributed by atoms with Crippen LogP contribution >= 0.6 is 0 Å². The van der Waals surface area contributed by atoms with Gasteiger partial charge in [-0.25, -0.2) is 0 Å². The van der Waals surface area contributed by atoms with E-state index in [0.29, 0.717) is 0 Å². The van der Waals surface area contributed by atoms with Crippen molar-refractivity contribution >= 4 is 6.08 Å². The lowest BCUT2D eigenvalue weighted by atomic mass is 9.90. The molecular weight excluding hydrogens is 188 g/mol. The largest absolute Gasteiger partial charge is 0.497 e. The molecule has 0 aliphatic heterocycles. The maximum Gasteiger partial charge on any atom is 0.119 e. The smallest absolute Gasteiger partial charge is 0.119 e. The molecule has 0 aromatic heterocycles. The van der Waals surface area contributed by atoms with Crippen LogP contribution < -0.4 is 4.74 Å². The lowest BCUT2D eigenvalue weighted by molar-refractivity contribution is 0.228. The third kappa shape index (κ3) is 2.05. The van der Waals surface area contributed by atoms with E-state index in [-0.39, 0.29) is 6.10 Å². The van der Waals surface area contributed by atoms with E-state index in [2.05, 4.69) is 18.2 Å². The molecule has 2 heteroatoms. The Bertz CT molecular complexity index is 392. The summed E-state index contributed by atoms with van der Waals surface area (Å²) in [7, 11) is 1.68. The molecule has 1 aromatic carbocycles. The fourth-order valence-electron chi connectivity index (χ4n) is 1.95. The zero-order chi connectivity index (χ0) is 10.8. The molecule has 0 fully saturated rings. The van der Waals surface area contributed by atoms with Gasteiger partial charge >= 0.3 is 0 Å². The van der Waals surface area contributed by atoms with Crippen molar-refractivity contribution in [2.24, 2.45) is 0 Å². The number of methoxy groups -OCH3 is 1. The van der Waals surface area contributed by atoms with Crippen molar-refractivity contribution in [1.29, 1.82) is 0 Å². The fourth-order valence-corrected chi connectivity index (χ4v) is 1.95. The van der Waals surface area contributed by atoms with Gasteiger partial charge in [-0.05, 0) is 48.6 Å². The Hall–Kier alpha value is -1.28. The third-order valence-electron chi connectivity index (χ3n) is 2.91. The summed E-state index contributed by atoms with van der Waals surface area (Å²) in [6, 6.07) is 6.08. The minimum Gasteiger partial charge on any atom is -0.497 e. The van der Waals surface area contributed by atoms with Crippen molar-refractivity contribution < 1.29 is 9.84 Å². The average Bonchev–Trinajstić information content (AvgIpc) is 2.27. The number of hydrogen-bond donors (Lipinski definition) is 1. The molecule has 0 amide bonds. The molecule has 1 aliphatic rings. The lowest BCUT2D eigenvalue weighted by Gasteiger charge is -2.18. The molecule has 0 spiro atoms. The van der Waals surface area contributed by atoms with Crippen LogP contribution in [0.5, 0.6) is 5.75 Å². The van der Waals surface area contributed by atoms with Crippen LogP contribution in [0.15, 0.2) is 23.8 Å². The van der Waals surface area contributed by atoms with Crippen LogP contribution in [0.3, 0.4) is 0 Å². The van der Waals surface area contributed by atoms with E-state index < -0.39 is 0 Å². The van der Waals surface area contributed by atoms with E-state index in [9.17, 15) is 5.11 Å². The Morgan fingerprint density at radius 2 is 2.13 bits per heavy atom. The second-order valence-electron chi connectivity index (χ2n) is 3.96. The zero-order valence-electron chi connectivity index (χ0n) is 9.16. The summed E-state index contributed by atoms with van der Waals surface area (Å²) in [5, 5.41) is 9.51. The molecule has 80 valence electrons. The minimum atomic E-state index is -0.333. The van der Waals surface area contributed by atoms with Gasteiger partial charge in [0.1, 0.15) is 5.75 Å². The van der Waals surface area contributed by atoms with Crippen LogP contribution in [0.25, 0.3) is 6.08 Å². The second kappa shape index (κ2) is 4.07. The van der Waals surface area contributed by atoms with E-state index in [1.807, 2.05) is 13.0 Å². The topological polar surface area (TPSA) is 29.5 Å². The number of fused-ring (bicyclic) bond motifs is 1. The molecule has 1 atom stereocenters. The van der Waals surface area contributed by atoms with Crippen molar-refractivity contribution in [3.8, 4) is 5.75 Å². The molecule has 0 heterocycles. The van der Waals surface area contributed by atoms with Gasteiger partial charge < -0.3 is 9.84 Å². The number of ether oxygens (including phenoxy) is 1. The number of aliphatic hydroxyl groups excluding tert-OH is 1. The monoisotopic (exact) mass is 204 g/mol. The predicted octanol–water partition coefficient (Wildman–Crippen LogP) is 2.41. The highest BCUT2D eigenvalue weighted by atomic mass is 16.5. The highest BCUT2D eigenvalue weighted by Gasteiger charge is 2.13. The summed E-state index contributed by atoms with van der Waals surface area (Å²) in [5.74, 6) is 0.905. The zero-order valence-corrected chi connectivity index (χ0v) is 9.16. The van der Waals surface area contributed by atoms with E-state index in [1.54, 1.807) is 7.11 Å². The van der Waals surface area contributed by atoms with E-state index in [0.717, 1.165) is 24.2 Å². The SMILES string of the molecule is COc1ccc2c(c1)CCC(C(C)O)=C2. The van der Waals surface area contributed by atoms with Crippen LogP contribution in [-0.2, 0) is 6.42 Å². The summed E-state index contributed by atoms with van der Waals surface area (Å²) in [6.07, 6.45) is 3.68. The van der Waals surface area contributed by atoms with Gasteiger partial charge in [-0.3, -0.25) is 0 Å². The van der Waals surface area contributed by atoms with E-state index in [4.69, 9.17) is 4.74 Å². The summed E-state index contributed by atoms with van der Waals surface area (Å²) in [4.78, 5) is 0. The van der Waals surface area contributed by atoms with E-state index >= 15 is 0 Å². The number of aryl methyl sites for hydroxylation is 1. The molecule has 1 N–H and O–H groups in total. The molecule has 1 aromatic rings. The normalized spacial score (nSPS) is 16.6. The number of aliphatic hydroxyl groups is 1. The van der Waals surface area contributed by atoms with Crippen molar-refractivity contribution in [3.05, 3.63) is 34.9 Å². The highest BCUT2D eigenvalue weighted by molar-refractivity contribution is 5.61. The third-order valence-corrected chi connectivity index (χ3v) is 2.91. The van der Waals surface area contributed by atoms with Gasteiger partial charge in [-0.1, -0.05) is 12.1 Å². The molecule has 1 unspecified atom stereocenters. The van der Waals surface area contributed by atoms with Gasteiger partial charge in [0.15, 0.2) is 0 Å². The fraction of sp³-hybridized carbons (Fsp3) is 0.385. The molecule has 2 rings (SSSR count). The molecule has 0 saturated carbocycles. The van der Waals surface area contributed by atoms with Crippen molar-refractivity contribution in [1.82, 2.24) is 0 Å². The molecule has 15 heavy (non-hydrogen) atoms. The highest BCUT2D eigenvalue weighted by Crippen LogP contribution is 2.28. The molecule has 2 nitrogen and oxygen atoms in total. The average molecular weight is 204 g/mol. The Morgan fingerprint density at radius 3 is 2.80 bits per heavy atom. The second-order valence-corrected chi connectivity index (χ2v) is 3.96. The predicted molar refractivity (Wildman–Crippen MR) is 61.0 cm³/mol. The number of benzene rings is 1. The summed E-state index contributed by atoms with van der Waals surface area (Å²) < 4.78 is 5.18. The first-order chi connectivity index (χ1) is 7.20. The first-order valence-electron chi connectivity index (χ1n) is 5.26. The van der Waals surface area contributed by atoms with Gasteiger partial charge in [0.05, 0.1) is 13.2 Å². The van der Waals surface area contributed by atoms with Crippen LogP contribution in [0, 0.1) is 0 Å². The Balaban J connectivity index is 2.36. The van der Waals surface area contributed by atoms with Crippen LogP contribution in [0.2, 0.25) is 0 Å². The van der Waals surface area contributed by atoms with Crippen molar-refractivity contribution in [2.45, 2.75) is 25.9 Å². The van der Waals surface area contributed by atoms with Gasteiger partial charge in [0.25, 0.3) is 0 Å².